The number of aliphatic hydroxyl groups excluding tert-OH is 1. The fourth-order valence-electron chi connectivity index (χ4n) is 1.19. The number of carbonyl (C=O) groups excluding carboxylic acids is 1. The van der Waals surface area contributed by atoms with Gasteiger partial charge in [0.2, 0.25) is 0 Å². The quantitative estimate of drug-likeness (QED) is 0.703. The normalized spacial score (nSPS) is 9.62. The number of ether oxygens (including phenoxy) is 1. The second kappa shape index (κ2) is 6.68. The first kappa shape index (κ1) is 12.3. The molecule has 0 aliphatic rings. The molecule has 5 nitrogen and oxygen atoms in total. The Kier molecular flexibility index (Phi) is 5.15. The van der Waals surface area contributed by atoms with E-state index in [4.69, 9.17) is 9.84 Å². The van der Waals surface area contributed by atoms with Crippen LogP contribution in [0.25, 0.3) is 0 Å². The second-order valence-corrected chi connectivity index (χ2v) is 3.03. The summed E-state index contributed by atoms with van der Waals surface area (Å²) in [5.74, 6) is 0.629. The summed E-state index contributed by atoms with van der Waals surface area (Å²) >= 11 is 0. The van der Waals surface area contributed by atoms with Gasteiger partial charge in [0, 0.05) is 6.54 Å². The molecular weight excluding hydrogens is 208 g/mol. The molecule has 1 rings (SSSR count). The highest BCUT2D eigenvalue weighted by atomic mass is 16.5. The molecule has 3 N–H and O–H groups in total. The lowest BCUT2D eigenvalue weighted by Crippen LogP contribution is -2.31. The van der Waals surface area contributed by atoms with Gasteiger partial charge in [-0.05, 0) is 19.1 Å². The van der Waals surface area contributed by atoms with Gasteiger partial charge in [-0.15, -0.1) is 0 Å². The van der Waals surface area contributed by atoms with E-state index >= 15 is 0 Å². The first-order valence-electron chi connectivity index (χ1n) is 5.15. The summed E-state index contributed by atoms with van der Waals surface area (Å²) < 4.78 is 5.35. The van der Waals surface area contributed by atoms with E-state index in [1.54, 1.807) is 12.1 Å². The van der Waals surface area contributed by atoms with Crippen molar-refractivity contribution in [1.29, 1.82) is 0 Å². The predicted molar refractivity (Wildman–Crippen MR) is 61.7 cm³/mol. The minimum absolute atomic E-state index is 0.0828. The molecule has 2 amide bonds. The number of anilines is 1. The van der Waals surface area contributed by atoms with E-state index in [1.165, 1.54) is 0 Å². The highest BCUT2D eigenvalue weighted by Crippen LogP contribution is 2.23. The fraction of sp³-hybridized carbons (Fsp3) is 0.364. The van der Waals surface area contributed by atoms with Gasteiger partial charge in [0.05, 0.1) is 18.9 Å². The molecule has 0 atom stereocenters. The average Bonchev–Trinajstić information content (AvgIpc) is 2.29. The van der Waals surface area contributed by atoms with Crippen LogP contribution in [0.3, 0.4) is 0 Å². The topological polar surface area (TPSA) is 70.6 Å². The number of hydrogen-bond acceptors (Lipinski definition) is 3. The number of urea groups is 1. The van der Waals surface area contributed by atoms with Crippen molar-refractivity contribution in [2.24, 2.45) is 0 Å². The maximum absolute atomic E-state index is 11.3. The molecule has 0 saturated carbocycles. The summed E-state index contributed by atoms with van der Waals surface area (Å²) in [4.78, 5) is 11.3. The van der Waals surface area contributed by atoms with E-state index in [9.17, 15) is 4.79 Å². The van der Waals surface area contributed by atoms with Gasteiger partial charge >= 0.3 is 6.03 Å². The van der Waals surface area contributed by atoms with Crippen molar-refractivity contribution in [1.82, 2.24) is 5.32 Å². The van der Waals surface area contributed by atoms with Crippen LogP contribution < -0.4 is 15.4 Å². The number of amides is 2. The third kappa shape index (κ3) is 3.78. The van der Waals surface area contributed by atoms with Crippen LogP contribution in [0.5, 0.6) is 5.75 Å². The first-order valence-corrected chi connectivity index (χ1v) is 5.15. The summed E-state index contributed by atoms with van der Waals surface area (Å²) in [6.07, 6.45) is 0. The Labute approximate surface area is 94.4 Å². The van der Waals surface area contributed by atoms with Gasteiger partial charge in [-0.1, -0.05) is 12.1 Å². The monoisotopic (exact) mass is 224 g/mol. The van der Waals surface area contributed by atoms with Crippen molar-refractivity contribution in [2.45, 2.75) is 6.92 Å². The van der Waals surface area contributed by atoms with Crippen LogP contribution in [0.1, 0.15) is 6.92 Å². The Morgan fingerprint density at radius 2 is 2.19 bits per heavy atom. The van der Waals surface area contributed by atoms with E-state index in [0.29, 0.717) is 18.0 Å². The second-order valence-electron chi connectivity index (χ2n) is 3.03. The summed E-state index contributed by atoms with van der Waals surface area (Å²) in [5.41, 5.74) is 0.611. The van der Waals surface area contributed by atoms with E-state index in [0.717, 1.165) is 0 Å². The van der Waals surface area contributed by atoms with Gasteiger partial charge in [0.25, 0.3) is 0 Å². The highest BCUT2D eigenvalue weighted by molar-refractivity contribution is 5.90. The summed E-state index contributed by atoms with van der Waals surface area (Å²) in [7, 11) is 0. The van der Waals surface area contributed by atoms with Gasteiger partial charge in [-0.3, -0.25) is 0 Å². The molecule has 0 aliphatic heterocycles. The molecule has 0 fully saturated rings. The lowest BCUT2D eigenvalue weighted by Gasteiger charge is -2.11. The number of hydrogen-bond donors (Lipinski definition) is 3. The van der Waals surface area contributed by atoms with Crippen LogP contribution in [0.15, 0.2) is 24.3 Å². The fourth-order valence-corrected chi connectivity index (χ4v) is 1.19. The molecule has 0 unspecified atom stereocenters. The van der Waals surface area contributed by atoms with Gasteiger partial charge < -0.3 is 20.5 Å². The van der Waals surface area contributed by atoms with Crippen molar-refractivity contribution in [3.8, 4) is 5.75 Å². The van der Waals surface area contributed by atoms with Crippen molar-refractivity contribution in [2.75, 3.05) is 25.1 Å². The van der Waals surface area contributed by atoms with Crippen molar-refractivity contribution in [3.05, 3.63) is 24.3 Å². The molecule has 0 saturated heterocycles. The van der Waals surface area contributed by atoms with E-state index in [-0.39, 0.29) is 19.2 Å². The summed E-state index contributed by atoms with van der Waals surface area (Å²) in [5, 5.41) is 13.7. The number of para-hydroxylation sites is 2. The molecule has 0 bridgehead atoms. The van der Waals surface area contributed by atoms with Crippen molar-refractivity contribution in [3.63, 3.8) is 0 Å². The lowest BCUT2D eigenvalue weighted by atomic mass is 10.3. The average molecular weight is 224 g/mol. The third-order valence-corrected chi connectivity index (χ3v) is 1.83. The maximum atomic E-state index is 11.3. The third-order valence-electron chi connectivity index (χ3n) is 1.83. The minimum Gasteiger partial charge on any atom is -0.492 e. The Hall–Kier alpha value is -1.75. The molecule has 0 aliphatic carbocycles. The standard InChI is InChI=1S/C11H16N2O3/c1-2-16-10-6-4-3-5-9(10)13-11(15)12-7-8-14/h3-6,14H,2,7-8H2,1H3,(H2,12,13,15). The Morgan fingerprint density at radius 3 is 2.88 bits per heavy atom. The van der Waals surface area contributed by atoms with Crippen LogP contribution in [0.2, 0.25) is 0 Å². The van der Waals surface area contributed by atoms with Gasteiger partial charge in [0.15, 0.2) is 0 Å². The molecule has 0 spiro atoms. The van der Waals surface area contributed by atoms with Gasteiger partial charge in [-0.25, -0.2) is 4.79 Å². The molecular formula is C11H16N2O3. The molecule has 1 aromatic carbocycles. The van der Waals surface area contributed by atoms with Crippen LogP contribution in [0.4, 0.5) is 10.5 Å². The van der Waals surface area contributed by atoms with Gasteiger partial charge in [0.1, 0.15) is 5.75 Å². The van der Waals surface area contributed by atoms with E-state index in [2.05, 4.69) is 10.6 Å². The molecule has 0 aromatic heterocycles. The largest absolute Gasteiger partial charge is 0.492 e. The maximum Gasteiger partial charge on any atom is 0.319 e. The van der Waals surface area contributed by atoms with Crippen LogP contribution in [0, 0.1) is 0 Å². The number of aliphatic hydroxyl groups is 1. The Balaban J connectivity index is 2.61. The predicted octanol–water partition coefficient (Wildman–Crippen LogP) is 1.20. The Bertz CT molecular complexity index is 342. The van der Waals surface area contributed by atoms with Crippen LogP contribution >= 0.6 is 0 Å². The number of carbonyl (C=O) groups is 1. The number of nitrogens with one attached hydrogen (secondary N) is 2. The SMILES string of the molecule is CCOc1ccccc1NC(=O)NCCO. The van der Waals surface area contributed by atoms with Crippen LogP contribution in [-0.2, 0) is 0 Å². The molecule has 16 heavy (non-hydrogen) atoms. The summed E-state index contributed by atoms with van der Waals surface area (Å²) in [6.45, 7) is 2.56. The van der Waals surface area contributed by atoms with E-state index in [1.807, 2.05) is 19.1 Å². The van der Waals surface area contributed by atoms with Gasteiger partial charge in [-0.2, -0.15) is 0 Å². The highest BCUT2D eigenvalue weighted by Gasteiger charge is 2.05. The molecule has 5 heteroatoms. The zero-order valence-electron chi connectivity index (χ0n) is 9.19. The molecule has 1 aromatic rings. The first-order chi connectivity index (χ1) is 7.77. The van der Waals surface area contributed by atoms with E-state index < -0.39 is 0 Å². The van der Waals surface area contributed by atoms with Crippen LogP contribution in [-0.4, -0.2) is 30.9 Å². The zero-order chi connectivity index (χ0) is 11.8. The van der Waals surface area contributed by atoms with Crippen molar-refractivity contribution >= 4 is 11.7 Å². The molecule has 0 radical (unpaired) electrons. The Morgan fingerprint density at radius 1 is 1.44 bits per heavy atom. The molecule has 88 valence electrons. The number of benzene rings is 1. The smallest absolute Gasteiger partial charge is 0.319 e. The van der Waals surface area contributed by atoms with Crippen molar-refractivity contribution < 1.29 is 14.6 Å². The zero-order valence-corrected chi connectivity index (χ0v) is 9.19. The summed E-state index contributed by atoms with van der Waals surface area (Å²) in [6, 6.07) is 6.82. The number of rotatable bonds is 5. The molecule has 0 heterocycles. The lowest BCUT2D eigenvalue weighted by molar-refractivity contribution is 0.244. The minimum atomic E-state index is -0.360.